The van der Waals surface area contributed by atoms with Crippen LogP contribution in [0.3, 0.4) is 0 Å². The molecule has 4 atom stereocenters. The Morgan fingerprint density at radius 2 is 0.696 bits per heavy atom. The second-order valence-electron chi connectivity index (χ2n) is 35.4. The van der Waals surface area contributed by atoms with Crippen LogP contribution in [0.25, 0.3) is 28.1 Å². The number of ketones is 2. The molecule has 0 fully saturated rings. The van der Waals surface area contributed by atoms with Crippen LogP contribution in [0, 0.1) is 13.8 Å². The maximum absolute atomic E-state index is 13.8. The number of carbonyl (C=O) groups excluding carboxylic acids is 6. The smallest absolute Gasteiger partial charge is 0.322 e. The van der Waals surface area contributed by atoms with Gasteiger partial charge in [-0.2, -0.15) is 0 Å². The van der Waals surface area contributed by atoms with Crippen LogP contribution in [0.4, 0.5) is 41.9 Å². The first kappa shape index (κ1) is 95.3. The van der Waals surface area contributed by atoms with Gasteiger partial charge in [0.2, 0.25) is 0 Å². The van der Waals surface area contributed by atoms with Gasteiger partial charge in [0, 0.05) is 60.2 Å². The van der Waals surface area contributed by atoms with Crippen molar-refractivity contribution in [2.45, 2.75) is 122 Å². The second-order valence-corrected chi connectivity index (χ2v) is 37.2. The number of halogens is 2. The van der Waals surface area contributed by atoms with Gasteiger partial charge in [0.25, 0.3) is 0 Å². The van der Waals surface area contributed by atoms with Crippen molar-refractivity contribution in [2.24, 2.45) is 0 Å². The average Bonchev–Trinajstić information content (AvgIpc) is 1.60. The Morgan fingerprint density at radius 1 is 0.370 bits per heavy atom. The number of fused-ring (bicyclic) bond motifs is 8. The first-order valence-electron chi connectivity index (χ1n) is 46.8. The molecular weight excluding hydrogens is 1790 g/mol. The molecule has 11 aromatic carbocycles. The van der Waals surface area contributed by atoms with E-state index in [1.165, 1.54) is 112 Å². The summed E-state index contributed by atoms with van der Waals surface area (Å²) < 4.78 is 32.4. The Labute approximate surface area is 820 Å². The molecule has 4 aliphatic carbocycles. The van der Waals surface area contributed by atoms with Crippen molar-refractivity contribution in [1.29, 1.82) is 0 Å². The van der Waals surface area contributed by atoms with Crippen molar-refractivity contribution in [2.75, 3.05) is 90.1 Å². The number of amides is 8. The highest BCUT2D eigenvalue weighted by Gasteiger charge is 2.44. The van der Waals surface area contributed by atoms with E-state index in [4.69, 9.17) is 51.6 Å². The second kappa shape index (κ2) is 42.5. The van der Waals surface area contributed by atoms with Crippen LogP contribution in [0.1, 0.15) is 186 Å². The number of anilines is 4. The summed E-state index contributed by atoms with van der Waals surface area (Å²) in [6.45, 7) is 14.3. The van der Waals surface area contributed by atoms with E-state index in [-0.39, 0.29) is 59.9 Å². The summed E-state index contributed by atoms with van der Waals surface area (Å²) in [6.07, 6.45) is 7.95. The van der Waals surface area contributed by atoms with Crippen LogP contribution in [-0.2, 0) is 30.4 Å². The van der Waals surface area contributed by atoms with Gasteiger partial charge >= 0.3 is 24.1 Å². The van der Waals surface area contributed by atoms with Crippen molar-refractivity contribution >= 4 is 121 Å². The number of Topliss-reactive ketones (excluding diaryl/α,β-unsaturated/α-hetero) is 2. The zero-order chi connectivity index (χ0) is 96.5. The van der Waals surface area contributed by atoms with Crippen molar-refractivity contribution in [3.8, 4) is 28.7 Å². The lowest BCUT2D eigenvalue weighted by molar-refractivity contribution is 0.0977. The molecule has 1 aromatic heterocycles. The lowest BCUT2D eigenvalue weighted by Gasteiger charge is -2.38. The minimum atomic E-state index is -0.232. The maximum Gasteiger partial charge on any atom is 0.322 e. The molecular formula is C115H112Cl2N8O12S. The van der Waals surface area contributed by atoms with E-state index in [2.05, 4.69) is 133 Å². The Kier molecular flexibility index (Phi) is 29.4. The number of hydrogen-bond acceptors (Lipinski definition) is 13. The minimum Gasteiger partial charge on any atom is -0.497 e. The highest BCUT2D eigenvalue weighted by Crippen LogP contribution is 2.54. The fourth-order valence-electron chi connectivity index (χ4n) is 20.5. The lowest BCUT2D eigenvalue weighted by Crippen LogP contribution is -2.42. The van der Waals surface area contributed by atoms with Crippen LogP contribution in [0.2, 0.25) is 10.0 Å². The molecule has 12 aromatic rings. The average molecular weight is 1900 g/mol. The molecule has 4 aliphatic heterocycles. The third-order valence-electron chi connectivity index (χ3n) is 27.3. The lowest BCUT2D eigenvalue weighted by atomic mass is 9.88. The predicted molar refractivity (Wildman–Crippen MR) is 552 cm³/mol. The number of para-hydroxylation sites is 4. The standard InChI is InChI=1S/C31H32N2O3.C29H27ClN2O3.C28H28N2O3S.C27H25ClN2O3/c1-4-7-29(34)25-8-5-6-9-28(25)32-31(35)33-17-16-24-26-19-23(36-3)15-14-22(26)18-27(24)30(33)21-12-10-20(2)11-13-21;1-3-27(33)23-6-4-5-7-26(23)31-29(34)32-15-14-22-24-17-20(30)11-8-19(24)16-25(22)28(32)18-9-12-21(35-2)13-10-18;1-17-5-7-19(8-6-17)26-24-15-20-9-10-21(33-4)16-23(20)22(24)11-13-30(26)28(31)29-25-12-14-34-27(25)18(2)32-3;1-32-20-11-8-17(9-12-20)26-23-15-18-7-10-19(28)16-22(18)21(23)13-14-30(26)27(31)29-24-5-3-4-6-25(24)33-2/h5-6,8-15,19,30H,4,7,16-18H2,1-3H3,(H,32,35);4-13,17,28H,3,14-16H2,1-2H3,(H,31,34);5-10,12,14,16,26H,2,11,13,15H2,1,3-4H3,(H,29,31);3-12,16,26H,13-15H2,1-2H3,(H,29,31). The van der Waals surface area contributed by atoms with Gasteiger partial charge in [-0.05, 0) is 304 Å². The summed E-state index contributed by atoms with van der Waals surface area (Å²) in [5, 5.41) is 15.7. The van der Waals surface area contributed by atoms with Crippen LogP contribution < -0.4 is 45.0 Å². The van der Waals surface area contributed by atoms with Crippen molar-refractivity contribution in [1.82, 2.24) is 19.6 Å². The molecule has 0 bridgehead atoms. The maximum atomic E-state index is 13.8. The number of thiophene rings is 1. The first-order valence-corrected chi connectivity index (χ1v) is 48.4. The molecule has 8 aliphatic rings. The Hall–Kier alpha value is -14.4. The highest BCUT2D eigenvalue weighted by molar-refractivity contribution is 7.11. The molecule has 23 heteroatoms. The number of hydrogen-bond donors (Lipinski definition) is 4. The number of ether oxygens (including phenoxy) is 6. The number of rotatable bonds is 20. The monoisotopic (exact) mass is 1900 g/mol. The van der Waals surface area contributed by atoms with Gasteiger partial charge in [-0.25, -0.2) is 19.2 Å². The largest absolute Gasteiger partial charge is 0.497 e. The van der Waals surface area contributed by atoms with E-state index in [1.54, 1.807) is 60.9 Å². The highest BCUT2D eigenvalue weighted by atomic mass is 35.5. The van der Waals surface area contributed by atoms with Gasteiger partial charge in [0.15, 0.2) is 11.6 Å². The van der Waals surface area contributed by atoms with Crippen LogP contribution in [0.5, 0.6) is 28.7 Å². The number of nitrogens with one attached hydrogen (secondary N) is 4. The first-order chi connectivity index (χ1) is 67.1. The number of benzene rings is 11. The van der Waals surface area contributed by atoms with Crippen LogP contribution >= 0.6 is 34.5 Å². The topological polar surface area (TPSA) is 219 Å². The minimum absolute atomic E-state index is 0.000589. The molecule has 0 radical (unpaired) electrons. The molecule has 704 valence electrons. The summed E-state index contributed by atoms with van der Waals surface area (Å²) in [7, 11) is 9.88. The van der Waals surface area contributed by atoms with Crippen molar-refractivity contribution in [3.05, 3.63) is 387 Å². The Morgan fingerprint density at radius 3 is 1.06 bits per heavy atom. The number of urea groups is 4. The van der Waals surface area contributed by atoms with Crippen LogP contribution in [0.15, 0.2) is 283 Å². The number of aryl methyl sites for hydroxylation is 2. The van der Waals surface area contributed by atoms with Gasteiger partial charge in [0.05, 0.1) is 94.5 Å². The van der Waals surface area contributed by atoms with E-state index in [1.807, 2.05) is 178 Å². The number of carbonyl (C=O) groups is 6. The van der Waals surface area contributed by atoms with Crippen LogP contribution in [-0.4, -0.2) is 124 Å². The SMILES string of the molecule is C=C(OC)c1sccc1NC(=O)N1CCC2=C(Cc3ccc(OC)cc32)C1c1ccc(C)cc1.CCC(=O)c1ccccc1NC(=O)N1CCC2=C(Cc3ccc(Cl)cc32)C1c1ccc(OC)cc1.CCCC(=O)c1ccccc1NC(=O)N1CCC2=C(Cc3ccc(OC)cc32)C1c1ccc(C)cc1.COc1ccc(C2C3=C(CCN2C(=O)Nc2ccccc2OC)c2cc(Cl)ccc2C3)cc1. The fourth-order valence-corrected chi connectivity index (χ4v) is 21.6. The van der Waals surface area contributed by atoms with Gasteiger partial charge < -0.3 is 69.3 Å². The third-order valence-corrected chi connectivity index (χ3v) is 28.7. The summed E-state index contributed by atoms with van der Waals surface area (Å²) in [4.78, 5) is 88.3. The van der Waals surface area contributed by atoms with E-state index in [0.717, 1.165) is 124 Å². The summed E-state index contributed by atoms with van der Waals surface area (Å²) in [5.74, 6) is 4.49. The molecule has 0 spiro atoms. The van der Waals surface area contributed by atoms with E-state index < -0.39 is 0 Å². The van der Waals surface area contributed by atoms with E-state index in [9.17, 15) is 28.8 Å². The molecule has 8 amide bonds. The van der Waals surface area contributed by atoms with Gasteiger partial charge in [0.1, 0.15) is 34.5 Å². The number of nitrogens with zero attached hydrogens (tertiary/aromatic N) is 4. The summed E-state index contributed by atoms with van der Waals surface area (Å²) >= 11 is 14.1. The molecule has 138 heavy (non-hydrogen) atoms. The normalized spacial score (nSPS) is 16.6. The number of methoxy groups -OCH3 is 6. The molecule has 20 nitrogen and oxygen atoms in total. The quantitative estimate of drug-likeness (QED) is 0.0414. The molecule has 20 rings (SSSR count). The molecule has 4 unspecified atom stereocenters. The summed E-state index contributed by atoms with van der Waals surface area (Å²) in [5.41, 5.74) is 30.5. The van der Waals surface area contributed by atoms with Gasteiger partial charge in [-0.15, -0.1) is 11.3 Å². The Balaban J connectivity index is 0.000000127. The van der Waals surface area contributed by atoms with Crippen molar-refractivity contribution < 1.29 is 57.2 Å². The molecule has 4 N–H and O–H groups in total. The molecule has 0 saturated carbocycles. The fraction of sp³-hybridized carbons (Fsp3) is 0.252. The van der Waals surface area contributed by atoms with Gasteiger partial charge in [-0.1, -0.05) is 188 Å². The molecule has 0 saturated heterocycles. The predicted octanol–water partition coefficient (Wildman–Crippen LogP) is 26.9. The van der Waals surface area contributed by atoms with E-state index >= 15 is 0 Å². The van der Waals surface area contributed by atoms with Gasteiger partial charge in [-0.3, -0.25) is 9.59 Å². The van der Waals surface area contributed by atoms with E-state index in [0.29, 0.717) is 78.7 Å². The summed E-state index contributed by atoms with van der Waals surface area (Å²) in [6, 6.07) is 80.0. The molecule has 5 heterocycles. The zero-order valence-corrected chi connectivity index (χ0v) is 81.6. The zero-order valence-electron chi connectivity index (χ0n) is 79.2. The van der Waals surface area contributed by atoms with Crippen molar-refractivity contribution in [3.63, 3.8) is 0 Å². The Bertz CT molecular complexity index is 6820. The third kappa shape index (κ3) is 20.0.